The summed E-state index contributed by atoms with van der Waals surface area (Å²) in [5.74, 6) is 0.262. The molecule has 0 radical (unpaired) electrons. The molecule has 0 heterocycles. The van der Waals surface area contributed by atoms with Crippen molar-refractivity contribution in [2.24, 2.45) is 0 Å². The van der Waals surface area contributed by atoms with E-state index >= 15 is 0 Å². The van der Waals surface area contributed by atoms with Crippen molar-refractivity contribution in [1.82, 2.24) is 5.32 Å². The summed E-state index contributed by atoms with van der Waals surface area (Å²) in [5.41, 5.74) is -0.221. The van der Waals surface area contributed by atoms with E-state index in [0.29, 0.717) is 21.9 Å². The normalized spacial score (nSPS) is 11.7. The Balaban J connectivity index is 1.62. The maximum absolute atomic E-state index is 13.1. The van der Waals surface area contributed by atoms with E-state index in [0.717, 1.165) is 28.8 Å². The van der Waals surface area contributed by atoms with Gasteiger partial charge in [0.25, 0.3) is 5.91 Å². The summed E-state index contributed by atoms with van der Waals surface area (Å²) >= 11 is 5.81. The van der Waals surface area contributed by atoms with Gasteiger partial charge >= 0.3 is 6.18 Å². The van der Waals surface area contributed by atoms with E-state index in [1.807, 2.05) is 0 Å². The Hall–Kier alpha value is -3.24. The third kappa shape index (κ3) is 7.63. The first kappa shape index (κ1) is 26.4. The minimum absolute atomic E-state index is 0.107. The van der Waals surface area contributed by atoms with Crippen LogP contribution in [0.4, 0.5) is 18.9 Å². The lowest BCUT2D eigenvalue weighted by molar-refractivity contribution is -0.137. The Labute approximate surface area is 206 Å². The fourth-order valence-electron chi connectivity index (χ4n) is 3.13. The molecule has 0 aliphatic rings. The SMILES string of the molecule is CS(=O)(=O)N(Cc1ccc(C(=O)NCCOc2ccc(Cl)cc2)cc1)c1cccc(C(F)(F)F)c1. The Bertz CT molecular complexity index is 1270. The summed E-state index contributed by atoms with van der Waals surface area (Å²) in [4.78, 5) is 12.3. The highest BCUT2D eigenvalue weighted by Gasteiger charge is 2.31. The molecular formula is C24H22ClF3N2O4S. The zero-order valence-corrected chi connectivity index (χ0v) is 20.1. The molecule has 0 fully saturated rings. The van der Waals surface area contributed by atoms with Crippen LogP contribution in [0.3, 0.4) is 0 Å². The molecule has 11 heteroatoms. The highest BCUT2D eigenvalue weighted by molar-refractivity contribution is 7.92. The summed E-state index contributed by atoms with van der Waals surface area (Å²) in [7, 11) is -3.88. The molecule has 0 aliphatic heterocycles. The van der Waals surface area contributed by atoms with Crippen molar-refractivity contribution in [3.63, 3.8) is 0 Å². The maximum atomic E-state index is 13.1. The number of nitrogens with zero attached hydrogens (tertiary/aromatic N) is 1. The zero-order valence-electron chi connectivity index (χ0n) is 18.5. The van der Waals surface area contributed by atoms with E-state index in [1.165, 1.54) is 18.2 Å². The predicted molar refractivity (Wildman–Crippen MR) is 128 cm³/mol. The maximum Gasteiger partial charge on any atom is 0.416 e. The van der Waals surface area contributed by atoms with Crippen LogP contribution in [0.15, 0.2) is 72.8 Å². The number of nitrogens with one attached hydrogen (secondary N) is 1. The first-order valence-electron chi connectivity index (χ1n) is 10.3. The number of sulfonamides is 1. The molecular weight excluding hydrogens is 505 g/mol. The number of carbonyl (C=O) groups excluding carboxylic acids is 1. The number of alkyl halides is 3. The Morgan fingerprint density at radius 3 is 2.29 bits per heavy atom. The van der Waals surface area contributed by atoms with E-state index in [-0.39, 0.29) is 31.3 Å². The lowest BCUT2D eigenvalue weighted by Gasteiger charge is -2.23. The van der Waals surface area contributed by atoms with E-state index in [2.05, 4.69) is 5.32 Å². The van der Waals surface area contributed by atoms with Gasteiger partial charge in [0.05, 0.1) is 30.6 Å². The smallest absolute Gasteiger partial charge is 0.416 e. The number of hydrogen-bond donors (Lipinski definition) is 1. The molecule has 0 aromatic heterocycles. The predicted octanol–water partition coefficient (Wildman–Crippen LogP) is 5.13. The van der Waals surface area contributed by atoms with Crippen molar-refractivity contribution in [2.75, 3.05) is 23.7 Å². The standard InChI is InChI=1S/C24H22ClF3N2O4S/c1-35(32,33)30(21-4-2-3-19(15-21)24(26,27)28)16-17-5-7-18(8-6-17)23(31)29-13-14-34-22-11-9-20(25)10-12-22/h2-12,15H,13-14,16H2,1H3,(H,29,31). The van der Waals surface area contributed by atoms with Crippen LogP contribution in [-0.4, -0.2) is 33.7 Å². The van der Waals surface area contributed by atoms with E-state index in [9.17, 15) is 26.4 Å². The van der Waals surface area contributed by atoms with Gasteiger partial charge in [0.2, 0.25) is 10.0 Å². The van der Waals surface area contributed by atoms with Crippen LogP contribution < -0.4 is 14.4 Å². The summed E-state index contributed by atoms with van der Waals surface area (Å²) in [6.07, 6.45) is -3.69. The van der Waals surface area contributed by atoms with E-state index in [1.54, 1.807) is 36.4 Å². The number of rotatable bonds is 9. The Kier molecular flexibility index (Phi) is 8.29. The molecule has 0 atom stereocenters. The minimum Gasteiger partial charge on any atom is -0.492 e. The van der Waals surface area contributed by atoms with Crippen molar-refractivity contribution >= 4 is 33.2 Å². The Morgan fingerprint density at radius 2 is 1.69 bits per heavy atom. The molecule has 186 valence electrons. The van der Waals surface area contributed by atoms with Crippen molar-refractivity contribution < 1.29 is 31.1 Å². The number of hydrogen-bond acceptors (Lipinski definition) is 4. The number of benzene rings is 3. The van der Waals surface area contributed by atoms with Gasteiger partial charge in [0.1, 0.15) is 12.4 Å². The van der Waals surface area contributed by atoms with E-state index in [4.69, 9.17) is 16.3 Å². The van der Waals surface area contributed by atoms with Crippen LogP contribution in [0.5, 0.6) is 5.75 Å². The molecule has 35 heavy (non-hydrogen) atoms. The van der Waals surface area contributed by atoms with Crippen LogP contribution in [0.1, 0.15) is 21.5 Å². The van der Waals surface area contributed by atoms with E-state index < -0.39 is 21.8 Å². The van der Waals surface area contributed by atoms with Gasteiger partial charge < -0.3 is 10.1 Å². The number of halogens is 4. The molecule has 0 saturated carbocycles. The molecule has 3 aromatic carbocycles. The summed E-state index contributed by atoms with van der Waals surface area (Å²) < 4.78 is 70.2. The molecule has 1 amide bonds. The average molecular weight is 527 g/mol. The number of anilines is 1. The second kappa shape index (κ2) is 11.0. The first-order chi connectivity index (χ1) is 16.4. The fraction of sp³-hybridized carbons (Fsp3) is 0.208. The monoisotopic (exact) mass is 526 g/mol. The third-order valence-corrected chi connectivity index (χ3v) is 6.27. The quantitative estimate of drug-likeness (QED) is 0.392. The molecule has 6 nitrogen and oxygen atoms in total. The lowest BCUT2D eigenvalue weighted by Crippen LogP contribution is -2.30. The molecule has 3 aromatic rings. The van der Waals surface area contributed by atoms with Gasteiger partial charge in [-0.1, -0.05) is 29.8 Å². The molecule has 0 bridgehead atoms. The first-order valence-corrected chi connectivity index (χ1v) is 12.6. The number of ether oxygens (including phenoxy) is 1. The van der Waals surface area contributed by atoms with Crippen molar-refractivity contribution in [2.45, 2.75) is 12.7 Å². The molecule has 3 rings (SSSR count). The minimum atomic E-state index is -4.60. The van der Waals surface area contributed by atoms with Crippen LogP contribution in [0, 0.1) is 0 Å². The second-order valence-corrected chi connectivity index (χ2v) is 9.92. The summed E-state index contributed by atoms with van der Waals surface area (Å²) in [5, 5.41) is 3.30. The molecule has 0 spiro atoms. The van der Waals surface area contributed by atoms with Crippen molar-refractivity contribution in [3.05, 3.63) is 94.5 Å². The van der Waals surface area contributed by atoms with Gasteiger partial charge in [-0.2, -0.15) is 13.2 Å². The highest BCUT2D eigenvalue weighted by Crippen LogP contribution is 2.32. The lowest BCUT2D eigenvalue weighted by atomic mass is 10.1. The molecule has 0 unspecified atom stereocenters. The largest absolute Gasteiger partial charge is 0.492 e. The second-order valence-electron chi connectivity index (χ2n) is 7.57. The molecule has 1 N–H and O–H groups in total. The van der Waals surface area contributed by atoms with Crippen LogP contribution in [-0.2, 0) is 22.7 Å². The van der Waals surface area contributed by atoms with Crippen LogP contribution >= 0.6 is 11.6 Å². The summed E-state index contributed by atoms with van der Waals surface area (Å²) in [6.45, 7) is 0.295. The van der Waals surface area contributed by atoms with Crippen molar-refractivity contribution in [3.8, 4) is 5.75 Å². The summed E-state index contributed by atoms with van der Waals surface area (Å²) in [6, 6.07) is 17.0. The zero-order chi connectivity index (χ0) is 25.6. The van der Waals surface area contributed by atoms with Gasteiger partial charge in [-0.15, -0.1) is 0 Å². The van der Waals surface area contributed by atoms with Gasteiger partial charge in [-0.25, -0.2) is 8.42 Å². The molecule has 0 aliphatic carbocycles. The highest BCUT2D eigenvalue weighted by atomic mass is 35.5. The topological polar surface area (TPSA) is 75.7 Å². The third-order valence-electron chi connectivity index (χ3n) is 4.87. The Morgan fingerprint density at radius 1 is 1.03 bits per heavy atom. The van der Waals surface area contributed by atoms with Gasteiger partial charge in [0.15, 0.2) is 0 Å². The number of amides is 1. The number of carbonyl (C=O) groups is 1. The van der Waals surface area contributed by atoms with Crippen LogP contribution in [0.25, 0.3) is 0 Å². The average Bonchev–Trinajstić information content (AvgIpc) is 2.80. The van der Waals surface area contributed by atoms with Gasteiger partial charge in [0, 0.05) is 10.6 Å². The van der Waals surface area contributed by atoms with Crippen LogP contribution in [0.2, 0.25) is 5.02 Å². The molecule has 0 saturated heterocycles. The van der Waals surface area contributed by atoms with Crippen molar-refractivity contribution in [1.29, 1.82) is 0 Å². The van der Waals surface area contributed by atoms with Gasteiger partial charge in [-0.05, 0) is 60.2 Å². The van der Waals surface area contributed by atoms with Gasteiger partial charge in [-0.3, -0.25) is 9.10 Å². The fourth-order valence-corrected chi connectivity index (χ4v) is 4.14.